The average Bonchev–Trinajstić information content (AvgIpc) is 2.34. The van der Waals surface area contributed by atoms with E-state index in [1.165, 1.54) is 0 Å². The van der Waals surface area contributed by atoms with Crippen LogP contribution in [0.25, 0.3) is 0 Å². The zero-order chi connectivity index (χ0) is 10.0. The molecule has 0 amide bonds. The van der Waals surface area contributed by atoms with Gasteiger partial charge in [-0.15, -0.1) is 12.4 Å². The fourth-order valence-corrected chi connectivity index (χ4v) is 1.42. The third-order valence-corrected chi connectivity index (χ3v) is 1.75. The fraction of sp³-hybridized carbons (Fsp3) is 0.750. The Morgan fingerprint density at radius 2 is 1.86 bits per heavy atom. The summed E-state index contributed by atoms with van der Waals surface area (Å²) in [6.07, 6.45) is 1.56. The summed E-state index contributed by atoms with van der Waals surface area (Å²) in [5.74, 6) is 0. The first kappa shape index (κ1) is 13.0. The van der Waals surface area contributed by atoms with Crippen molar-refractivity contribution < 1.29 is 9.31 Å². The molecule has 0 saturated carbocycles. The minimum atomic E-state index is 0. The van der Waals surface area contributed by atoms with Crippen molar-refractivity contribution in [2.24, 2.45) is 0 Å². The number of nitrogens with zero attached hydrogens (tertiary/aromatic N) is 3. The Hall–Kier alpha value is -0.970. The summed E-state index contributed by atoms with van der Waals surface area (Å²) in [4.78, 5) is 1.58. The van der Waals surface area contributed by atoms with Crippen LogP contribution in [0.3, 0.4) is 0 Å². The van der Waals surface area contributed by atoms with E-state index in [0.29, 0.717) is 12.1 Å². The second kappa shape index (κ2) is 5.05. The maximum absolute atomic E-state index is 7.21. The highest BCUT2D eigenvalue weighted by Gasteiger charge is 2.15. The van der Waals surface area contributed by atoms with E-state index in [9.17, 15) is 0 Å². The van der Waals surface area contributed by atoms with Gasteiger partial charge in [-0.25, -0.2) is 0 Å². The molecule has 0 aliphatic rings. The maximum atomic E-state index is 7.21. The molecule has 14 heavy (non-hydrogen) atoms. The molecule has 0 radical (unpaired) electrons. The summed E-state index contributed by atoms with van der Waals surface area (Å²) in [5.41, 5.74) is 0.0753. The van der Waals surface area contributed by atoms with Crippen LogP contribution in [0, 0.1) is 5.41 Å². The van der Waals surface area contributed by atoms with Crippen LogP contribution >= 0.6 is 12.4 Å². The molecular formula is C8H17ClN4O. The van der Waals surface area contributed by atoms with E-state index in [1.807, 2.05) is 5.01 Å². The number of rotatable bonds is 3. The van der Waals surface area contributed by atoms with E-state index in [1.54, 1.807) is 11.0 Å². The third-order valence-electron chi connectivity index (χ3n) is 1.75. The standard InChI is InChI=1S/C8H16N4O.ClH/c1-6(2)12(7(3)4)11-5-8(9)13-10-11;/h5-7,9H,1-4H3;1H. The minimum Gasteiger partial charge on any atom is -0.380 e. The van der Waals surface area contributed by atoms with Crippen molar-refractivity contribution in [3.63, 3.8) is 0 Å². The van der Waals surface area contributed by atoms with Crippen LogP contribution in [-0.4, -0.2) is 12.1 Å². The molecule has 0 aliphatic heterocycles. The lowest BCUT2D eigenvalue weighted by atomic mass is 10.3. The van der Waals surface area contributed by atoms with E-state index in [4.69, 9.17) is 5.41 Å². The van der Waals surface area contributed by atoms with Gasteiger partial charge in [-0.1, -0.05) is 32.5 Å². The van der Waals surface area contributed by atoms with E-state index in [-0.39, 0.29) is 18.0 Å². The van der Waals surface area contributed by atoms with Gasteiger partial charge in [-0.2, -0.15) is 0 Å². The van der Waals surface area contributed by atoms with Crippen LogP contribution in [0.5, 0.6) is 0 Å². The summed E-state index contributed by atoms with van der Waals surface area (Å²) in [5, 5.41) is 13.0. The monoisotopic (exact) mass is 220 g/mol. The Morgan fingerprint density at radius 3 is 2.14 bits per heavy atom. The SMILES string of the molecule is CC(C)N(C(C)C)[n+]1cc(=N)o[n-]1.Cl. The highest BCUT2D eigenvalue weighted by atomic mass is 35.5. The van der Waals surface area contributed by atoms with E-state index in [2.05, 4.69) is 37.5 Å². The van der Waals surface area contributed by atoms with Crippen LogP contribution < -0.4 is 20.6 Å². The summed E-state index contributed by atoms with van der Waals surface area (Å²) in [6.45, 7) is 8.30. The van der Waals surface area contributed by atoms with Crippen molar-refractivity contribution in [3.8, 4) is 0 Å². The van der Waals surface area contributed by atoms with Gasteiger partial charge in [-0.3, -0.25) is 10.4 Å². The molecule has 5 nitrogen and oxygen atoms in total. The molecule has 1 heterocycles. The molecular weight excluding hydrogens is 204 g/mol. The highest BCUT2D eigenvalue weighted by molar-refractivity contribution is 5.85. The van der Waals surface area contributed by atoms with Gasteiger partial charge in [0.2, 0.25) is 0 Å². The summed E-state index contributed by atoms with van der Waals surface area (Å²) in [6, 6.07) is 0.656. The Kier molecular flexibility index (Phi) is 4.70. The molecule has 1 N–H and O–H groups in total. The van der Waals surface area contributed by atoms with E-state index in [0.717, 1.165) is 0 Å². The first-order chi connectivity index (χ1) is 6.02. The fourth-order valence-electron chi connectivity index (χ4n) is 1.42. The average molecular weight is 221 g/mol. The molecule has 1 aromatic heterocycles. The highest BCUT2D eigenvalue weighted by Crippen LogP contribution is 1.95. The predicted molar refractivity (Wildman–Crippen MR) is 53.8 cm³/mol. The molecule has 1 aromatic rings. The number of nitrogens with one attached hydrogen (secondary N) is 1. The van der Waals surface area contributed by atoms with Crippen molar-refractivity contribution >= 4 is 12.4 Å². The maximum Gasteiger partial charge on any atom is 0.286 e. The van der Waals surface area contributed by atoms with Crippen molar-refractivity contribution in [2.45, 2.75) is 39.8 Å². The van der Waals surface area contributed by atoms with Crippen LogP contribution in [0.4, 0.5) is 0 Å². The molecule has 0 saturated heterocycles. The number of hydrogen-bond acceptors (Lipinski definition) is 3. The van der Waals surface area contributed by atoms with Gasteiger partial charge < -0.3 is 4.52 Å². The van der Waals surface area contributed by atoms with Gasteiger partial charge in [-0.05, 0) is 5.27 Å². The normalized spacial score (nSPS) is 10.4. The van der Waals surface area contributed by atoms with Gasteiger partial charge in [0.15, 0.2) is 0 Å². The molecule has 6 heteroatoms. The Balaban J connectivity index is 0.00000169. The molecule has 0 aliphatic carbocycles. The van der Waals surface area contributed by atoms with Gasteiger partial charge >= 0.3 is 0 Å². The summed E-state index contributed by atoms with van der Waals surface area (Å²) >= 11 is 0. The molecule has 0 atom stereocenters. The van der Waals surface area contributed by atoms with Crippen LogP contribution in [0.2, 0.25) is 0 Å². The second-order valence-corrected chi connectivity index (χ2v) is 3.55. The number of halogens is 1. The van der Waals surface area contributed by atoms with E-state index >= 15 is 0 Å². The van der Waals surface area contributed by atoms with Gasteiger partial charge in [0.1, 0.15) is 0 Å². The molecule has 0 bridgehead atoms. The summed E-state index contributed by atoms with van der Waals surface area (Å²) < 4.78 is 4.68. The van der Waals surface area contributed by atoms with Crippen LogP contribution in [-0.2, 0) is 0 Å². The van der Waals surface area contributed by atoms with Crippen molar-refractivity contribution in [1.82, 2.24) is 5.27 Å². The van der Waals surface area contributed by atoms with E-state index < -0.39 is 0 Å². The zero-order valence-corrected chi connectivity index (χ0v) is 9.71. The number of hydrogen-bond donors (Lipinski definition) is 1. The van der Waals surface area contributed by atoms with Crippen molar-refractivity contribution in [2.75, 3.05) is 5.01 Å². The quantitative estimate of drug-likeness (QED) is 0.740. The third kappa shape index (κ3) is 2.77. The minimum absolute atomic E-state index is 0. The summed E-state index contributed by atoms with van der Waals surface area (Å²) in [7, 11) is 0. The predicted octanol–water partition coefficient (Wildman–Crippen LogP) is 0.180. The van der Waals surface area contributed by atoms with Crippen molar-refractivity contribution in [1.29, 1.82) is 5.41 Å². The molecule has 0 fully saturated rings. The molecule has 0 aromatic carbocycles. The van der Waals surface area contributed by atoms with Gasteiger partial charge in [0.05, 0.1) is 0 Å². The van der Waals surface area contributed by atoms with Crippen LogP contribution in [0.15, 0.2) is 10.7 Å². The number of aromatic nitrogens is 2. The lowest BCUT2D eigenvalue weighted by Gasteiger charge is -2.30. The van der Waals surface area contributed by atoms with Gasteiger partial charge in [0.25, 0.3) is 11.8 Å². The smallest absolute Gasteiger partial charge is 0.286 e. The zero-order valence-electron chi connectivity index (χ0n) is 8.89. The molecule has 0 spiro atoms. The van der Waals surface area contributed by atoms with Crippen LogP contribution in [0.1, 0.15) is 27.7 Å². The lowest BCUT2D eigenvalue weighted by Crippen LogP contribution is -2.66. The van der Waals surface area contributed by atoms with Gasteiger partial charge in [0, 0.05) is 12.1 Å². The Morgan fingerprint density at radius 1 is 1.36 bits per heavy atom. The topological polar surface area (TPSA) is 58.2 Å². The first-order valence-corrected chi connectivity index (χ1v) is 4.41. The largest absolute Gasteiger partial charge is 0.380 e. The molecule has 82 valence electrons. The Labute approximate surface area is 89.6 Å². The molecule has 1 rings (SSSR count). The lowest BCUT2D eigenvalue weighted by molar-refractivity contribution is -0.769. The first-order valence-electron chi connectivity index (χ1n) is 4.41. The molecule has 0 unspecified atom stereocenters. The van der Waals surface area contributed by atoms with Crippen molar-refractivity contribution in [3.05, 3.63) is 11.8 Å². The second-order valence-electron chi connectivity index (χ2n) is 3.55. The Bertz CT molecular complexity index is 309.